The van der Waals surface area contributed by atoms with E-state index in [4.69, 9.17) is 9.47 Å². The van der Waals surface area contributed by atoms with E-state index >= 15 is 0 Å². The number of fused-ring (bicyclic) bond motifs is 1. The van der Waals surface area contributed by atoms with Crippen LogP contribution in [-0.4, -0.2) is 36.6 Å². The van der Waals surface area contributed by atoms with Crippen LogP contribution in [0.2, 0.25) is 0 Å². The van der Waals surface area contributed by atoms with Crippen LogP contribution in [0.15, 0.2) is 49.1 Å². The Bertz CT molecular complexity index is 1230. The number of aromatic nitrogens is 6. The Morgan fingerprint density at radius 1 is 1.06 bits per heavy atom. The van der Waals surface area contributed by atoms with Crippen molar-refractivity contribution in [3.05, 3.63) is 49.1 Å². The summed E-state index contributed by atoms with van der Waals surface area (Å²) >= 11 is 0. The lowest BCUT2D eigenvalue weighted by Gasteiger charge is -2.10. The Hall–Kier alpha value is -3.46. The zero-order chi connectivity index (χ0) is 22.6. The van der Waals surface area contributed by atoms with E-state index in [9.17, 15) is 0 Å². The topological polar surface area (TPSA) is 99.9 Å². The molecule has 0 saturated heterocycles. The Labute approximate surface area is 204 Å². The van der Waals surface area contributed by atoms with Crippen molar-refractivity contribution >= 4 is 22.5 Å². The number of nitrogens with one attached hydrogen (secondary N) is 1. The highest BCUT2D eigenvalue weighted by atomic mass is 35.5. The van der Waals surface area contributed by atoms with E-state index in [0.717, 1.165) is 35.6 Å². The summed E-state index contributed by atoms with van der Waals surface area (Å²) in [5.74, 6) is 4.06. The van der Waals surface area contributed by atoms with Crippen LogP contribution in [0.5, 0.6) is 17.4 Å². The number of nitrogens with zero attached hydrogens (tertiary/aromatic N) is 6. The van der Waals surface area contributed by atoms with Gasteiger partial charge in [-0.05, 0) is 56.9 Å². The van der Waals surface area contributed by atoms with Crippen molar-refractivity contribution < 1.29 is 21.9 Å². The van der Waals surface area contributed by atoms with E-state index in [1.165, 1.54) is 25.6 Å². The number of halogens is 1. The molecular weight excluding hydrogens is 454 g/mol. The van der Waals surface area contributed by atoms with Crippen LogP contribution in [0.4, 0.5) is 11.6 Å². The van der Waals surface area contributed by atoms with Gasteiger partial charge in [0.2, 0.25) is 5.88 Å². The van der Waals surface area contributed by atoms with Crippen molar-refractivity contribution in [2.24, 2.45) is 5.92 Å². The highest BCUT2D eigenvalue weighted by Crippen LogP contribution is 2.33. The van der Waals surface area contributed by atoms with Crippen LogP contribution in [0.25, 0.3) is 10.9 Å². The summed E-state index contributed by atoms with van der Waals surface area (Å²) in [6.45, 7) is 4.77. The van der Waals surface area contributed by atoms with Gasteiger partial charge in [-0.2, -0.15) is 9.90 Å². The Morgan fingerprint density at radius 3 is 2.65 bits per heavy atom. The SMILES string of the molecule is CC(C)n1ncc(Nc2ncnc3ccc(Oc4ccc(OCCCC5CC5)cn4)cc23)n1.[Cl-]. The fourth-order valence-corrected chi connectivity index (χ4v) is 3.50. The largest absolute Gasteiger partial charge is 1.00 e. The Morgan fingerprint density at radius 2 is 1.91 bits per heavy atom. The first-order valence-electron chi connectivity index (χ1n) is 11.3. The molecule has 1 aromatic carbocycles. The van der Waals surface area contributed by atoms with Gasteiger partial charge in [-0.25, -0.2) is 15.0 Å². The minimum atomic E-state index is 0. The molecule has 10 heteroatoms. The zero-order valence-electron chi connectivity index (χ0n) is 19.2. The number of benzene rings is 1. The van der Waals surface area contributed by atoms with Gasteiger partial charge in [0, 0.05) is 11.5 Å². The van der Waals surface area contributed by atoms with Crippen LogP contribution in [-0.2, 0) is 0 Å². The lowest BCUT2D eigenvalue weighted by molar-refractivity contribution is -0.00000815. The summed E-state index contributed by atoms with van der Waals surface area (Å²) in [6, 6.07) is 9.50. The predicted octanol–water partition coefficient (Wildman–Crippen LogP) is 2.31. The third-order valence-corrected chi connectivity index (χ3v) is 5.48. The van der Waals surface area contributed by atoms with Gasteiger partial charge in [0.15, 0.2) is 5.82 Å². The number of rotatable bonds is 10. The molecule has 1 N–H and O–H groups in total. The van der Waals surface area contributed by atoms with Crippen molar-refractivity contribution in [3.63, 3.8) is 0 Å². The average Bonchev–Trinajstić information content (AvgIpc) is 3.53. The van der Waals surface area contributed by atoms with E-state index < -0.39 is 0 Å². The predicted molar refractivity (Wildman–Crippen MR) is 125 cm³/mol. The van der Waals surface area contributed by atoms with Crippen molar-refractivity contribution in [1.82, 2.24) is 29.9 Å². The lowest BCUT2D eigenvalue weighted by Crippen LogP contribution is -3.00. The molecule has 0 bridgehead atoms. The molecule has 1 aliphatic carbocycles. The molecular formula is C24H27ClN7O2-. The van der Waals surface area contributed by atoms with Gasteiger partial charge in [-0.1, -0.05) is 12.8 Å². The minimum absolute atomic E-state index is 0. The van der Waals surface area contributed by atoms with E-state index in [0.29, 0.717) is 23.3 Å². The van der Waals surface area contributed by atoms with Crippen molar-refractivity contribution in [1.29, 1.82) is 0 Å². The smallest absolute Gasteiger partial charge is 0.219 e. The van der Waals surface area contributed by atoms with Gasteiger partial charge in [0.1, 0.15) is 23.6 Å². The van der Waals surface area contributed by atoms with Crippen LogP contribution in [0.3, 0.4) is 0 Å². The first-order chi connectivity index (χ1) is 16.1. The molecule has 34 heavy (non-hydrogen) atoms. The van der Waals surface area contributed by atoms with E-state index in [2.05, 4.69) is 30.5 Å². The molecule has 3 aromatic heterocycles. The van der Waals surface area contributed by atoms with Gasteiger partial charge < -0.3 is 27.2 Å². The summed E-state index contributed by atoms with van der Waals surface area (Å²) in [5, 5.41) is 12.7. The van der Waals surface area contributed by atoms with Crippen molar-refractivity contribution in [2.45, 2.75) is 45.6 Å². The Kier molecular flexibility index (Phi) is 7.42. The van der Waals surface area contributed by atoms with Crippen LogP contribution >= 0.6 is 0 Å². The molecule has 9 nitrogen and oxygen atoms in total. The summed E-state index contributed by atoms with van der Waals surface area (Å²) < 4.78 is 11.7. The summed E-state index contributed by atoms with van der Waals surface area (Å²) in [4.78, 5) is 14.7. The van der Waals surface area contributed by atoms with Crippen LogP contribution in [0, 0.1) is 5.92 Å². The summed E-state index contributed by atoms with van der Waals surface area (Å²) in [7, 11) is 0. The first-order valence-corrected chi connectivity index (χ1v) is 11.3. The van der Waals surface area contributed by atoms with E-state index in [-0.39, 0.29) is 18.4 Å². The third kappa shape index (κ3) is 5.91. The molecule has 0 unspecified atom stereocenters. The monoisotopic (exact) mass is 480 g/mol. The number of hydrogen-bond acceptors (Lipinski definition) is 8. The molecule has 4 aromatic rings. The summed E-state index contributed by atoms with van der Waals surface area (Å²) in [5.41, 5.74) is 0.791. The van der Waals surface area contributed by atoms with Crippen LogP contribution < -0.4 is 27.2 Å². The standard InChI is InChI=1S/C24H27N7O2.ClH/c1-16(2)31-28-14-22(30-31)29-24-20-12-18(7-9-21(20)26-15-27-24)33-23-10-8-19(13-25-23)32-11-3-4-17-5-6-17;/h7-10,12-17H,3-6,11H2,1-2H3,(H,26,27,29,30);1H/p-1. The van der Waals surface area contributed by atoms with Crippen molar-refractivity contribution in [3.8, 4) is 17.4 Å². The van der Waals surface area contributed by atoms with Crippen LogP contribution in [0.1, 0.15) is 45.6 Å². The van der Waals surface area contributed by atoms with Gasteiger partial charge in [0.25, 0.3) is 0 Å². The lowest BCUT2D eigenvalue weighted by atomic mass is 10.2. The number of anilines is 2. The van der Waals surface area contributed by atoms with E-state index in [1.807, 2.05) is 44.2 Å². The summed E-state index contributed by atoms with van der Waals surface area (Å²) in [6.07, 6.45) is 10.00. The fraction of sp³-hybridized carbons (Fsp3) is 0.375. The van der Waals surface area contributed by atoms with Gasteiger partial charge in [-0.3, -0.25) is 0 Å². The second-order valence-electron chi connectivity index (χ2n) is 8.54. The molecule has 0 spiro atoms. The number of ether oxygens (including phenoxy) is 2. The normalized spacial score (nSPS) is 13.0. The van der Waals surface area contributed by atoms with Crippen molar-refractivity contribution in [2.75, 3.05) is 11.9 Å². The highest BCUT2D eigenvalue weighted by molar-refractivity contribution is 5.91. The third-order valence-electron chi connectivity index (χ3n) is 5.48. The molecule has 3 heterocycles. The molecule has 0 amide bonds. The highest BCUT2D eigenvalue weighted by Gasteiger charge is 2.20. The van der Waals surface area contributed by atoms with Gasteiger partial charge in [-0.15, -0.1) is 5.10 Å². The maximum atomic E-state index is 5.97. The molecule has 178 valence electrons. The molecule has 1 aliphatic rings. The fourth-order valence-electron chi connectivity index (χ4n) is 3.50. The molecule has 0 radical (unpaired) electrons. The second kappa shape index (κ2) is 10.6. The van der Waals surface area contributed by atoms with E-state index in [1.54, 1.807) is 17.2 Å². The molecule has 5 rings (SSSR count). The number of pyridine rings is 1. The average molecular weight is 481 g/mol. The molecule has 1 saturated carbocycles. The maximum Gasteiger partial charge on any atom is 0.219 e. The van der Waals surface area contributed by atoms with Gasteiger partial charge in [0.05, 0.1) is 30.6 Å². The molecule has 1 fully saturated rings. The minimum Gasteiger partial charge on any atom is -1.00 e. The quantitative estimate of drug-likeness (QED) is 0.345. The first kappa shape index (κ1) is 23.7. The molecule has 0 aliphatic heterocycles. The van der Waals surface area contributed by atoms with Gasteiger partial charge >= 0.3 is 0 Å². The zero-order valence-corrected chi connectivity index (χ0v) is 19.9. The Balaban J connectivity index is 0.00000274. The maximum absolute atomic E-state index is 5.97. The number of hydrogen-bond donors (Lipinski definition) is 1. The molecule has 0 atom stereocenters. The second-order valence-corrected chi connectivity index (χ2v) is 8.54.